The average molecular weight is 306 g/mol. The van der Waals surface area contributed by atoms with Crippen LogP contribution >= 0.6 is 21.6 Å². The van der Waals surface area contributed by atoms with Crippen molar-refractivity contribution in [1.29, 1.82) is 0 Å². The smallest absolute Gasteiger partial charge is 0.219 e. The summed E-state index contributed by atoms with van der Waals surface area (Å²) in [5.41, 5.74) is 0. The fourth-order valence-corrected chi connectivity index (χ4v) is 5.16. The van der Waals surface area contributed by atoms with Crippen molar-refractivity contribution >= 4 is 27.5 Å². The van der Waals surface area contributed by atoms with Crippen molar-refractivity contribution < 1.29 is 9.90 Å². The quantitative estimate of drug-likeness (QED) is 0.454. The topological polar surface area (TPSA) is 49.3 Å². The summed E-state index contributed by atoms with van der Waals surface area (Å²) in [4.78, 5) is 11.6. The molecule has 0 aromatic heterocycles. The van der Waals surface area contributed by atoms with E-state index in [9.17, 15) is 4.79 Å². The fourth-order valence-electron chi connectivity index (χ4n) is 2.13. The molecule has 1 aliphatic rings. The molecule has 1 atom stereocenters. The second kappa shape index (κ2) is 11.9. The number of hydrogen-bond acceptors (Lipinski definition) is 4. The number of aliphatic hydroxyl groups excluding tert-OH is 1. The first-order valence-corrected chi connectivity index (χ1v) is 9.87. The lowest BCUT2D eigenvalue weighted by Gasteiger charge is -2.07. The predicted molar refractivity (Wildman–Crippen MR) is 85.5 cm³/mol. The Bertz CT molecular complexity index is 233. The van der Waals surface area contributed by atoms with E-state index in [0.717, 1.165) is 43.9 Å². The number of unbranched alkanes of at least 4 members (excludes halogenated alkanes) is 4. The van der Waals surface area contributed by atoms with Crippen LogP contribution in [0.4, 0.5) is 0 Å². The SMILES string of the molecule is O=C(CCCCC1CCSS1)NCCCCCCO. The molecule has 0 aromatic rings. The summed E-state index contributed by atoms with van der Waals surface area (Å²) in [6.07, 6.45) is 9.57. The molecule has 1 heterocycles. The Morgan fingerprint density at radius 1 is 1.16 bits per heavy atom. The number of hydrogen-bond donors (Lipinski definition) is 2. The molecule has 0 radical (unpaired) electrons. The Labute approximate surface area is 125 Å². The van der Waals surface area contributed by atoms with E-state index in [1.807, 2.05) is 21.6 Å². The summed E-state index contributed by atoms with van der Waals surface area (Å²) >= 11 is 0. The molecule has 112 valence electrons. The van der Waals surface area contributed by atoms with Gasteiger partial charge in [-0.3, -0.25) is 4.79 Å². The molecule has 0 spiro atoms. The summed E-state index contributed by atoms with van der Waals surface area (Å²) < 4.78 is 0. The maximum absolute atomic E-state index is 11.6. The lowest BCUT2D eigenvalue weighted by Crippen LogP contribution is -2.24. The first-order chi connectivity index (χ1) is 9.33. The lowest BCUT2D eigenvalue weighted by atomic mass is 10.1. The van der Waals surface area contributed by atoms with Gasteiger partial charge in [-0.1, -0.05) is 40.9 Å². The van der Waals surface area contributed by atoms with Gasteiger partial charge in [-0.15, -0.1) is 0 Å². The minimum Gasteiger partial charge on any atom is -0.396 e. The number of carbonyl (C=O) groups excluding carboxylic acids is 1. The van der Waals surface area contributed by atoms with Gasteiger partial charge in [0.15, 0.2) is 0 Å². The third-order valence-electron chi connectivity index (χ3n) is 3.31. The van der Waals surface area contributed by atoms with Crippen LogP contribution in [-0.2, 0) is 4.79 Å². The largest absolute Gasteiger partial charge is 0.396 e. The van der Waals surface area contributed by atoms with Gasteiger partial charge in [0.05, 0.1) is 0 Å². The molecule has 2 N–H and O–H groups in total. The highest BCUT2D eigenvalue weighted by molar-refractivity contribution is 8.77. The van der Waals surface area contributed by atoms with Crippen molar-refractivity contribution in [3.05, 3.63) is 0 Å². The van der Waals surface area contributed by atoms with E-state index in [-0.39, 0.29) is 12.5 Å². The predicted octanol–water partition coefficient (Wildman–Crippen LogP) is 3.37. The lowest BCUT2D eigenvalue weighted by molar-refractivity contribution is -0.121. The van der Waals surface area contributed by atoms with E-state index >= 15 is 0 Å². The third-order valence-corrected chi connectivity index (χ3v) is 6.32. The summed E-state index contributed by atoms with van der Waals surface area (Å²) in [6.45, 7) is 1.07. The molecule has 1 saturated heterocycles. The van der Waals surface area contributed by atoms with E-state index in [0.29, 0.717) is 6.42 Å². The zero-order chi connectivity index (χ0) is 13.8. The van der Waals surface area contributed by atoms with Crippen LogP contribution < -0.4 is 5.32 Å². The van der Waals surface area contributed by atoms with Gasteiger partial charge in [0, 0.05) is 30.6 Å². The van der Waals surface area contributed by atoms with Crippen molar-refractivity contribution in [1.82, 2.24) is 5.32 Å². The molecule has 0 aromatic carbocycles. The van der Waals surface area contributed by atoms with Gasteiger partial charge in [-0.05, 0) is 32.1 Å². The number of rotatable bonds is 11. The normalized spacial score (nSPS) is 18.7. The van der Waals surface area contributed by atoms with Crippen molar-refractivity contribution in [3.63, 3.8) is 0 Å². The number of aliphatic hydroxyl groups is 1. The molecule has 0 saturated carbocycles. The Hall–Kier alpha value is 0.130. The molecular formula is C14H27NO2S2. The van der Waals surface area contributed by atoms with Crippen molar-refractivity contribution in [2.24, 2.45) is 0 Å². The van der Waals surface area contributed by atoms with Crippen LogP contribution in [0.5, 0.6) is 0 Å². The van der Waals surface area contributed by atoms with Crippen LogP contribution in [0.15, 0.2) is 0 Å². The molecule has 5 heteroatoms. The average Bonchev–Trinajstić information content (AvgIpc) is 2.92. The molecule has 1 aliphatic heterocycles. The highest BCUT2D eigenvalue weighted by Gasteiger charge is 2.15. The summed E-state index contributed by atoms with van der Waals surface area (Å²) in [5, 5.41) is 12.4. The first-order valence-electron chi connectivity index (χ1n) is 7.48. The maximum Gasteiger partial charge on any atom is 0.219 e. The van der Waals surface area contributed by atoms with E-state index in [1.165, 1.54) is 25.0 Å². The van der Waals surface area contributed by atoms with Crippen molar-refractivity contribution in [2.75, 3.05) is 18.9 Å². The van der Waals surface area contributed by atoms with Crippen molar-refractivity contribution in [3.8, 4) is 0 Å². The highest BCUT2D eigenvalue weighted by atomic mass is 33.1. The van der Waals surface area contributed by atoms with Gasteiger partial charge in [-0.25, -0.2) is 0 Å². The molecule has 1 rings (SSSR count). The number of nitrogens with one attached hydrogen (secondary N) is 1. The first kappa shape index (κ1) is 17.2. The molecule has 0 aliphatic carbocycles. The summed E-state index contributed by atoms with van der Waals surface area (Å²) in [6, 6.07) is 0. The molecule has 19 heavy (non-hydrogen) atoms. The Kier molecular flexibility index (Phi) is 10.8. The van der Waals surface area contributed by atoms with Gasteiger partial charge < -0.3 is 10.4 Å². The van der Waals surface area contributed by atoms with Crippen LogP contribution in [-0.4, -0.2) is 35.2 Å². The van der Waals surface area contributed by atoms with Crippen LogP contribution in [0.3, 0.4) is 0 Å². The van der Waals surface area contributed by atoms with Crippen LogP contribution in [0, 0.1) is 0 Å². The van der Waals surface area contributed by atoms with E-state index in [2.05, 4.69) is 5.32 Å². The fraction of sp³-hybridized carbons (Fsp3) is 0.929. The Balaban J connectivity index is 1.82. The summed E-state index contributed by atoms with van der Waals surface area (Å²) in [7, 11) is 4.01. The highest BCUT2D eigenvalue weighted by Crippen LogP contribution is 2.39. The molecule has 0 bridgehead atoms. The second-order valence-corrected chi connectivity index (χ2v) is 7.85. The van der Waals surface area contributed by atoms with Crippen LogP contribution in [0.2, 0.25) is 0 Å². The minimum absolute atomic E-state index is 0.204. The molecule has 1 amide bonds. The van der Waals surface area contributed by atoms with Gasteiger partial charge in [0.2, 0.25) is 5.91 Å². The van der Waals surface area contributed by atoms with Crippen LogP contribution in [0.1, 0.15) is 57.8 Å². The minimum atomic E-state index is 0.204. The van der Waals surface area contributed by atoms with Gasteiger partial charge >= 0.3 is 0 Å². The number of amides is 1. The molecule has 1 unspecified atom stereocenters. The van der Waals surface area contributed by atoms with Crippen molar-refractivity contribution in [2.45, 2.75) is 63.0 Å². The maximum atomic E-state index is 11.6. The standard InChI is InChI=1S/C14H27NO2S2/c16-11-6-2-1-5-10-15-14(17)8-4-3-7-13-9-12-18-19-13/h13,16H,1-12H2,(H,15,17). The van der Waals surface area contributed by atoms with Gasteiger partial charge in [-0.2, -0.15) is 0 Å². The second-order valence-electron chi connectivity index (χ2n) is 5.06. The van der Waals surface area contributed by atoms with E-state index in [4.69, 9.17) is 5.11 Å². The number of carbonyl (C=O) groups is 1. The Morgan fingerprint density at radius 2 is 2.00 bits per heavy atom. The monoisotopic (exact) mass is 305 g/mol. The van der Waals surface area contributed by atoms with E-state index in [1.54, 1.807) is 0 Å². The Morgan fingerprint density at radius 3 is 2.74 bits per heavy atom. The molecule has 3 nitrogen and oxygen atoms in total. The zero-order valence-corrected chi connectivity index (χ0v) is 13.4. The summed E-state index contributed by atoms with van der Waals surface area (Å²) in [5.74, 6) is 1.50. The van der Waals surface area contributed by atoms with Gasteiger partial charge in [0.25, 0.3) is 0 Å². The molecule has 1 fully saturated rings. The van der Waals surface area contributed by atoms with Crippen LogP contribution in [0.25, 0.3) is 0 Å². The van der Waals surface area contributed by atoms with E-state index < -0.39 is 0 Å². The zero-order valence-electron chi connectivity index (χ0n) is 11.7. The third kappa shape index (κ3) is 9.63. The molecular weight excluding hydrogens is 278 g/mol. The van der Waals surface area contributed by atoms with Gasteiger partial charge in [0.1, 0.15) is 0 Å².